The molecule has 41 heavy (non-hydrogen) atoms. The van der Waals surface area contributed by atoms with E-state index >= 15 is 0 Å². The summed E-state index contributed by atoms with van der Waals surface area (Å²) in [6, 6.07) is 24.2. The number of aryl methyl sites for hydroxylation is 1. The number of carboxylic acid groups (broad SMARTS) is 1. The fraction of sp³-hybridized carbons (Fsp3) is 0.161. The number of halogens is 3. The van der Waals surface area contributed by atoms with Crippen molar-refractivity contribution < 1.29 is 32.2 Å². The van der Waals surface area contributed by atoms with Gasteiger partial charge >= 0.3 is 12.1 Å². The van der Waals surface area contributed by atoms with E-state index in [2.05, 4.69) is 0 Å². The Labute approximate surface area is 242 Å². The first-order chi connectivity index (χ1) is 19.7. The molecular weight excluding hydrogens is 571 g/mol. The summed E-state index contributed by atoms with van der Waals surface area (Å²) in [5.74, 6) is 1.71. The number of carbonyl (C=O) groups is 1. The molecule has 5 nitrogen and oxygen atoms in total. The van der Waals surface area contributed by atoms with Gasteiger partial charge in [0.15, 0.2) is 6.61 Å². The number of hydrogen-bond donors (Lipinski definition) is 1. The van der Waals surface area contributed by atoms with Gasteiger partial charge in [-0.05, 0) is 61.0 Å². The van der Waals surface area contributed by atoms with Crippen molar-refractivity contribution in [2.75, 3.05) is 6.61 Å². The number of para-hydroxylation sites is 1. The summed E-state index contributed by atoms with van der Waals surface area (Å²) in [5.41, 5.74) is 2.46. The van der Waals surface area contributed by atoms with Crippen LogP contribution in [0, 0.1) is 6.92 Å². The van der Waals surface area contributed by atoms with Crippen LogP contribution in [-0.2, 0) is 22.5 Å². The number of aromatic nitrogens is 1. The van der Waals surface area contributed by atoms with Crippen LogP contribution in [0.15, 0.2) is 99.3 Å². The van der Waals surface area contributed by atoms with E-state index < -0.39 is 24.3 Å². The summed E-state index contributed by atoms with van der Waals surface area (Å²) in [4.78, 5) is 16.5. The maximum atomic E-state index is 13.1. The van der Waals surface area contributed by atoms with Crippen LogP contribution in [-0.4, -0.2) is 22.7 Å². The molecule has 0 unspecified atom stereocenters. The van der Waals surface area contributed by atoms with Crippen molar-refractivity contribution in [3.8, 4) is 17.1 Å². The Morgan fingerprint density at radius 2 is 1.73 bits per heavy atom. The second kappa shape index (κ2) is 12.3. The largest absolute Gasteiger partial charge is 0.482 e. The summed E-state index contributed by atoms with van der Waals surface area (Å²) in [6.07, 6.45) is -4.41. The molecule has 2 aromatic heterocycles. The number of alkyl halides is 3. The molecule has 0 bridgehead atoms. The first kappa shape index (κ1) is 28.6. The maximum absolute atomic E-state index is 13.1. The van der Waals surface area contributed by atoms with Crippen molar-refractivity contribution in [2.24, 2.45) is 0 Å². The number of aliphatic carboxylic acids is 1. The number of thioether (sulfide) groups is 2. The van der Waals surface area contributed by atoms with Crippen molar-refractivity contribution in [2.45, 2.75) is 34.5 Å². The number of rotatable bonds is 10. The van der Waals surface area contributed by atoms with Gasteiger partial charge in [0.2, 0.25) is 0 Å². The van der Waals surface area contributed by atoms with Gasteiger partial charge in [0.05, 0.1) is 21.9 Å². The van der Waals surface area contributed by atoms with Crippen LogP contribution in [0.2, 0.25) is 0 Å². The van der Waals surface area contributed by atoms with Gasteiger partial charge in [-0.2, -0.15) is 13.2 Å². The fourth-order valence-electron chi connectivity index (χ4n) is 4.12. The van der Waals surface area contributed by atoms with Crippen molar-refractivity contribution in [1.82, 2.24) is 4.98 Å². The molecule has 0 fully saturated rings. The topological polar surface area (TPSA) is 72.6 Å². The van der Waals surface area contributed by atoms with Gasteiger partial charge in [0.25, 0.3) is 0 Å². The Bertz CT molecular complexity index is 1680. The minimum absolute atomic E-state index is 0.415. The highest BCUT2D eigenvalue weighted by atomic mass is 32.2. The fourth-order valence-corrected chi connectivity index (χ4v) is 5.96. The maximum Gasteiger partial charge on any atom is 0.416 e. The highest BCUT2D eigenvalue weighted by molar-refractivity contribution is 7.98. The second-order valence-electron chi connectivity index (χ2n) is 9.16. The molecule has 0 amide bonds. The zero-order chi connectivity index (χ0) is 29.0. The highest BCUT2D eigenvalue weighted by Crippen LogP contribution is 2.36. The molecule has 0 saturated heterocycles. The van der Waals surface area contributed by atoms with Gasteiger partial charge in [-0.25, -0.2) is 9.78 Å². The molecule has 2 heterocycles. The molecule has 0 radical (unpaired) electrons. The third kappa shape index (κ3) is 7.25. The minimum atomic E-state index is -4.41. The van der Waals surface area contributed by atoms with Crippen molar-refractivity contribution in [1.29, 1.82) is 0 Å². The number of pyridine rings is 1. The van der Waals surface area contributed by atoms with E-state index in [0.717, 1.165) is 44.1 Å². The summed E-state index contributed by atoms with van der Waals surface area (Å²) >= 11 is 3.09. The van der Waals surface area contributed by atoms with Gasteiger partial charge in [-0.1, -0.05) is 48.2 Å². The van der Waals surface area contributed by atoms with Crippen LogP contribution in [0.1, 0.15) is 22.5 Å². The monoisotopic (exact) mass is 595 g/mol. The van der Waals surface area contributed by atoms with Crippen LogP contribution >= 0.6 is 23.5 Å². The zero-order valence-corrected chi connectivity index (χ0v) is 23.4. The lowest BCUT2D eigenvalue weighted by molar-refractivity contribution is -0.139. The van der Waals surface area contributed by atoms with Gasteiger partial charge in [-0.3, -0.25) is 0 Å². The second-order valence-corrected chi connectivity index (χ2v) is 11.2. The molecule has 5 aromatic rings. The van der Waals surface area contributed by atoms with Crippen molar-refractivity contribution >= 4 is 40.4 Å². The number of carboxylic acids is 1. The van der Waals surface area contributed by atoms with Crippen molar-refractivity contribution in [3.05, 3.63) is 107 Å². The average Bonchev–Trinajstić information content (AvgIpc) is 3.37. The quantitative estimate of drug-likeness (QED) is 0.162. The molecule has 0 aliphatic carbocycles. The van der Waals surface area contributed by atoms with E-state index in [1.54, 1.807) is 17.8 Å². The summed E-state index contributed by atoms with van der Waals surface area (Å²) in [5, 5.41) is 10.7. The average molecular weight is 596 g/mol. The van der Waals surface area contributed by atoms with E-state index in [0.29, 0.717) is 34.3 Å². The predicted octanol–water partition coefficient (Wildman–Crippen LogP) is 8.87. The third-order valence-corrected chi connectivity index (χ3v) is 8.18. The van der Waals surface area contributed by atoms with Gasteiger partial charge in [0.1, 0.15) is 17.3 Å². The zero-order valence-electron chi connectivity index (χ0n) is 21.8. The summed E-state index contributed by atoms with van der Waals surface area (Å²) in [7, 11) is 0. The van der Waals surface area contributed by atoms with Crippen LogP contribution in [0.4, 0.5) is 13.2 Å². The minimum Gasteiger partial charge on any atom is -0.482 e. The molecule has 0 saturated carbocycles. The number of hydrogen-bond acceptors (Lipinski definition) is 6. The first-order valence-electron chi connectivity index (χ1n) is 12.5. The summed E-state index contributed by atoms with van der Waals surface area (Å²) < 4.78 is 50.7. The predicted molar refractivity (Wildman–Crippen MR) is 154 cm³/mol. The lowest BCUT2D eigenvalue weighted by Gasteiger charge is -2.09. The number of ether oxygens (including phenoxy) is 1. The Balaban J connectivity index is 1.37. The lowest BCUT2D eigenvalue weighted by atomic mass is 10.1. The molecule has 0 spiro atoms. The Morgan fingerprint density at radius 1 is 0.951 bits per heavy atom. The molecule has 0 aliphatic rings. The van der Waals surface area contributed by atoms with Crippen molar-refractivity contribution in [3.63, 3.8) is 0 Å². The van der Waals surface area contributed by atoms with Crippen LogP contribution in [0.3, 0.4) is 0 Å². The molecule has 3 aromatic carbocycles. The number of furan rings is 1. The SMILES string of the molecule is Cc1cc(SCc2cc(-c3ccc(C(F)(F)F)cc3)oc2CSc2ccc3ccccc3n2)ccc1OCC(=O)O. The molecule has 10 heteroatoms. The molecule has 5 rings (SSSR count). The van der Waals surface area contributed by atoms with Gasteiger partial charge in [-0.15, -0.1) is 11.8 Å². The highest BCUT2D eigenvalue weighted by Gasteiger charge is 2.30. The number of nitrogens with zero attached hydrogens (tertiary/aromatic N) is 1. The van der Waals surface area contributed by atoms with E-state index in [-0.39, 0.29) is 0 Å². The van der Waals surface area contributed by atoms with E-state index in [1.165, 1.54) is 23.9 Å². The Morgan fingerprint density at radius 3 is 2.46 bits per heavy atom. The molecule has 0 atom stereocenters. The molecule has 210 valence electrons. The molecule has 1 N–H and O–H groups in total. The van der Waals surface area contributed by atoms with E-state index in [4.69, 9.17) is 19.2 Å². The van der Waals surface area contributed by atoms with Crippen LogP contribution in [0.25, 0.3) is 22.2 Å². The Hall–Kier alpha value is -3.89. The van der Waals surface area contributed by atoms with E-state index in [9.17, 15) is 18.0 Å². The molecule has 0 aliphatic heterocycles. The number of fused-ring (bicyclic) bond motifs is 1. The number of benzene rings is 3. The van der Waals surface area contributed by atoms with Gasteiger partial charge in [0, 0.05) is 27.2 Å². The molecular formula is C31H24F3NO4S2. The Kier molecular flexibility index (Phi) is 8.60. The third-order valence-electron chi connectivity index (χ3n) is 6.21. The van der Waals surface area contributed by atoms with Crippen LogP contribution in [0.5, 0.6) is 5.75 Å². The first-order valence-corrected chi connectivity index (χ1v) is 14.5. The van der Waals surface area contributed by atoms with Gasteiger partial charge < -0.3 is 14.3 Å². The lowest BCUT2D eigenvalue weighted by Crippen LogP contribution is -2.09. The normalized spacial score (nSPS) is 11.6. The summed E-state index contributed by atoms with van der Waals surface area (Å²) in [6.45, 7) is 1.43. The van der Waals surface area contributed by atoms with Crippen LogP contribution < -0.4 is 4.74 Å². The van der Waals surface area contributed by atoms with E-state index in [1.807, 2.05) is 61.5 Å². The standard InChI is InChI=1S/C31H24F3NO4S2/c1-19-14-24(11-12-26(19)38-16-30(36)37)40-17-22-15-27(21-6-9-23(10-7-21)31(32,33)34)39-28(22)18-41-29-13-8-20-4-2-3-5-25(20)35-29/h2-15H,16-18H2,1H3,(H,36,37). The smallest absolute Gasteiger partial charge is 0.416 e.